The molecule has 22 heavy (non-hydrogen) atoms. The molecule has 2 nitrogen and oxygen atoms in total. The van der Waals surface area contributed by atoms with Crippen molar-refractivity contribution >= 4 is 11.9 Å². The fourth-order valence-corrected chi connectivity index (χ4v) is 2.63. The fraction of sp³-hybridized carbons (Fsp3) is 0.250. The zero-order valence-corrected chi connectivity index (χ0v) is 12.8. The number of rotatable bonds is 5. The van der Waals surface area contributed by atoms with Crippen LogP contribution in [0.1, 0.15) is 40.4 Å². The number of fused-ring (bicyclic) bond motifs is 1. The highest BCUT2D eigenvalue weighted by atomic mass is 16.5. The zero-order chi connectivity index (χ0) is 15.4. The number of hydrogen-bond donors (Lipinski definition) is 0. The lowest BCUT2D eigenvalue weighted by molar-refractivity contribution is 0.0961. The molecule has 0 saturated heterocycles. The Hall–Kier alpha value is -2.35. The van der Waals surface area contributed by atoms with Gasteiger partial charge in [-0.2, -0.15) is 0 Å². The molecule has 1 heterocycles. The van der Waals surface area contributed by atoms with Crippen molar-refractivity contribution in [3.8, 4) is 5.75 Å². The third-order valence-corrected chi connectivity index (χ3v) is 4.00. The largest absolute Gasteiger partial charge is 0.485 e. The molecular formula is C20H20O2. The van der Waals surface area contributed by atoms with E-state index in [4.69, 9.17) is 4.74 Å². The van der Waals surface area contributed by atoms with E-state index in [1.807, 2.05) is 18.2 Å². The van der Waals surface area contributed by atoms with E-state index in [1.54, 1.807) is 0 Å². The van der Waals surface area contributed by atoms with Gasteiger partial charge in [-0.3, -0.25) is 4.79 Å². The minimum absolute atomic E-state index is 0.0706. The summed E-state index contributed by atoms with van der Waals surface area (Å²) in [6.07, 6.45) is 7.35. The normalized spacial score (nSPS) is 13.4. The molecule has 2 aromatic carbocycles. The number of Topliss-reactive ketones (excluding diaryl/α,β-unsaturated/α-hetero) is 1. The molecule has 0 unspecified atom stereocenters. The van der Waals surface area contributed by atoms with Crippen molar-refractivity contribution in [2.45, 2.75) is 26.2 Å². The van der Waals surface area contributed by atoms with E-state index in [1.165, 1.54) is 11.1 Å². The second-order valence-corrected chi connectivity index (χ2v) is 5.58. The predicted octanol–water partition coefficient (Wildman–Crippen LogP) is 4.47. The number of aryl methyl sites for hydroxylation is 2. The third kappa shape index (κ3) is 3.28. The van der Waals surface area contributed by atoms with Gasteiger partial charge in [0.15, 0.2) is 6.61 Å². The van der Waals surface area contributed by atoms with Crippen molar-refractivity contribution in [3.63, 3.8) is 0 Å². The number of allylic oxidation sites excluding steroid dienone is 1. The highest BCUT2D eigenvalue weighted by Gasteiger charge is 2.20. The van der Waals surface area contributed by atoms with Gasteiger partial charge in [-0.05, 0) is 48.1 Å². The topological polar surface area (TPSA) is 26.3 Å². The Morgan fingerprint density at radius 3 is 2.64 bits per heavy atom. The molecule has 0 N–H and O–H groups in total. The van der Waals surface area contributed by atoms with Crippen molar-refractivity contribution in [2.75, 3.05) is 6.61 Å². The average molecular weight is 292 g/mol. The Bertz CT molecular complexity index is 696. The van der Waals surface area contributed by atoms with Crippen LogP contribution in [0.3, 0.4) is 0 Å². The Kier molecular flexibility index (Phi) is 4.38. The van der Waals surface area contributed by atoms with Gasteiger partial charge in [0.05, 0.1) is 5.56 Å². The van der Waals surface area contributed by atoms with E-state index in [2.05, 4.69) is 43.3 Å². The third-order valence-electron chi connectivity index (χ3n) is 4.00. The molecule has 1 aliphatic heterocycles. The van der Waals surface area contributed by atoms with Crippen molar-refractivity contribution in [2.24, 2.45) is 0 Å². The summed E-state index contributed by atoms with van der Waals surface area (Å²) in [4.78, 5) is 11.6. The van der Waals surface area contributed by atoms with Crippen molar-refractivity contribution in [3.05, 3.63) is 70.8 Å². The first-order chi connectivity index (χ1) is 10.8. The van der Waals surface area contributed by atoms with E-state index < -0.39 is 0 Å². The molecule has 0 aliphatic carbocycles. The lowest BCUT2D eigenvalue weighted by Crippen LogP contribution is -1.98. The van der Waals surface area contributed by atoms with Crippen LogP contribution in [0, 0.1) is 0 Å². The first-order valence-electron chi connectivity index (χ1n) is 7.80. The number of benzene rings is 2. The van der Waals surface area contributed by atoms with E-state index in [9.17, 15) is 4.79 Å². The van der Waals surface area contributed by atoms with Crippen LogP contribution < -0.4 is 4.74 Å². The second kappa shape index (κ2) is 6.61. The minimum atomic E-state index is 0.0706. The van der Waals surface area contributed by atoms with Crippen molar-refractivity contribution < 1.29 is 9.53 Å². The molecule has 1 aliphatic rings. The number of carbonyl (C=O) groups excluding carboxylic acids is 1. The van der Waals surface area contributed by atoms with Crippen LogP contribution in [0.15, 0.2) is 48.5 Å². The molecule has 3 rings (SSSR count). The van der Waals surface area contributed by atoms with Crippen LogP contribution in [0.5, 0.6) is 5.75 Å². The highest BCUT2D eigenvalue weighted by Crippen LogP contribution is 2.26. The van der Waals surface area contributed by atoms with Gasteiger partial charge in [0.25, 0.3) is 0 Å². The molecule has 2 aromatic rings. The van der Waals surface area contributed by atoms with Gasteiger partial charge in [0.2, 0.25) is 5.78 Å². The Labute approximate surface area is 131 Å². The maximum Gasteiger partial charge on any atom is 0.203 e. The van der Waals surface area contributed by atoms with E-state index in [0.717, 1.165) is 24.8 Å². The number of carbonyl (C=O) groups is 1. The Balaban J connectivity index is 1.58. The van der Waals surface area contributed by atoms with Gasteiger partial charge in [-0.25, -0.2) is 0 Å². The van der Waals surface area contributed by atoms with Crippen LogP contribution in [-0.2, 0) is 12.8 Å². The number of ketones is 1. The molecule has 0 spiro atoms. The Morgan fingerprint density at radius 1 is 1.09 bits per heavy atom. The summed E-state index contributed by atoms with van der Waals surface area (Å²) in [5, 5.41) is 0. The second-order valence-electron chi connectivity index (χ2n) is 5.58. The molecule has 112 valence electrons. The number of hydrogen-bond acceptors (Lipinski definition) is 2. The van der Waals surface area contributed by atoms with Gasteiger partial charge in [-0.1, -0.05) is 49.4 Å². The molecule has 0 radical (unpaired) electrons. The van der Waals surface area contributed by atoms with E-state index >= 15 is 0 Å². The standard InChI is InChI=1S/C20H20O2/c1-2-15-7-9-16(10-8-15)5-3-4-6-17-11-12-20-18(13-17)19(21)14-22-20/h4,6-13H,2-3,5,14H2,1H3. The Morgan fingerprint density at radius 2 is 1.86 bits per heavy atom. The molecule has 0 atom stereocenters. The van der Waals surface area contributed by atoms with Crippen LogP contribution in [0.25, 0.3) is 6.08 Å². The highest BCUT2D eigenvalue weighted by molar-refractivity contribution is 6.02. The quantitative estimate of drug-likeness (QED) is 0.812. The summed E-state index contributed by atoms with van der Waals surface area (Å²) in [5.74, 6) is 0.777. The van der Waals surface area contributed by atoms with Gasteiger partial charge in [0, 0.05) is 0 Å². The van der Waals surface area contributed by atoms with Gasteiger partial charge < -0.3 is 4.74 Å². The SMILES string of the molecule is CCc1ccc(CCC=Cc2ccc3c(c2)C(=O)CO3)cc1. The zero-order valence-electron chi connectivity index (χ0n) is 12.8. The van der Waals surface area contributed by atoms with Crippen LogP contribution in [0.4, 0.5) is 0 Å². The lowest BCUT2D eigenvalue weighted by atomic mass is 10.0. The molecule has 0 fully saturated rings. The summed E-state index contributed by atoms with van der Waals surface area (Å²) < 4.78 is 5.29. The van der Waals surface area contributed by atoms with Gasteiger partial charge in [0.1, 0.15) is 5.75 Å². The van der Waals surface area contributed by atoms with E-state index in [-0.39, 0.29) is 12.4 Å². The molecule has 0 aromatic heterocycles. The maximum absolute atomic E-state index is 11.6. The van der Waals surface area contributed by atoms with Gasteiger partial charge in [-0.15, -0.1) is 0 Å². The summed E-state index contributed by atoms with van der Waals surface area (Å²) >= 11 is 0. The van der Waals surface area contributed by atoms with Crippen molar-refractivity contribution in [1.82, 2.24) is 0 Å². The average Bonchev–Trinajstić information content (AvgIpc) is 2.93. The monoisotopic (exact) mass is 292 g/mol. The maximum atomic E-state index is 11.6. The van der Waals surface area contributed by atoms with Crippen LogP contribution >= 0.6 is 0 Å². The summed E-state index contributed by atoms with van der Waals surface area (Å²) in [7, 11) is 0. The molecular weight excluding hydrogens is 272 g/mol. The van der Waals surface area contributed by atoms with Crippen molar-refractivity contribution in [1.29, 1.82) is 0 Å². The lowest BCUT2D eigenvalue weighted by Gasteiger charge is -2.01. The summed E-state index contributed by atoms with van der Waals surface area (Å²) in [6, 6.07) is 14.6. The van der Waals surface area contributed by atoms with Crippen LogP contribution in [0.2, 0.25) is 0 Å². The predicted molar refractivity (Wildman–Crippen MR) is 89.4 cm³/mol. The summed E-state index contributed by atoms with van der Waals surface area (Å²) in [6.45, 7) is 2.35. The van der Waals surface area contributed by atoms with E-state index in [0.29, 0.717) is 11.3 Å². The molecule has 0 saturated carbocycles. The molecule has 0 amide bonds. The summed E-state index contributed by atoms with van der Waals surface area (Å²) in [5.41, 5.74) is 4.50. The minimum Gasteiger partial charge on any atom is -0.485 e. The van der Waals surface area contributed by atoms with Gasteiger partial charge >= 0.3 is 0 Å². The molecule has 2 heteroatoms. The number of ether oxygens (including phenoxy) is 1. The molecule has 0 bridgehead atoms. The fourth-order valence-electron chi connectivity index (χ4n) is 2.63. The first kappa shape index (κ1) is 14.6. The first-order valence-corrected chi connectivity index (χ1v) is 7.80. The smallest absolute Gasteiger partial charge is 0.203 e. The van der Waals surface area contributed by atoms with Crippen LogP contribution in [-0.4, -0.2) is 12.4 Å².